The maximum absolute atomic E-state index is 11.6. The molecule has 0 radical (unpaired) electrons. The second-order valence-electron chi connectivity index (χ2n) is 5.25. The van der Waals surface area contributed by atoms with Gasteiger partial charge in [0.25, 0.3) is 11.8 Å². The first kappa shape index (κ1) is 15.0. The van der Waals surface area contributed by atoms with Crippen molar-refractivity contribution in [2.45, 2.75) is 6.92 Å². The number of nitrogens with zero attached hydrogens (tertiary/aromatic N) is 3. The fraction of sp³-hybridized carbons (Fsp3) is 0.429. The zero-order valence-electron chi connectivity index (χ0n) is 12.3. The zero-order valence-corrected chi connectivity index (χ0v) is 13.1. The number of sulfonamides is 1. The van der Waals surface area contributed by atoms with Crippen LogP contribution >= 0.6 is 0 Å². The Labute approximate surface area is 129 Å². The van der Waals surface area contributed by atoms with Gasteiger partial charge in [0.05, 0.1) is 5.75 Å². The summed E-state index contributed by atoms with van der Waals surface area (Å²) in [5.74, 6) is 1.32. The molecule has 1 aromatic carbocycles. The minimum atomic E-state index is -3.05. The summed E-state index contributed by atoms with van der Waals surface area (Å²) in [6.45, 7) is 3.38. The second kappa shape index (κ2) is 6.05. The SMILES string of the molecule is CCS(=O)(=O)N1CC(CNc2noc(-c3ccccc3)n2)C1. The molecule has 22 heavy (non-hydrogen) atoms. The molecule has 0 saturated carbocycles. The Kier molecular flexibility index (Phi) is 4.12. The van der Waals surface area contributed by atoms with Crippen LogP contribution in [0.2, 0.25) is 0 Å². The van der Waals surface area contributed by atoms with Crippen molar-refractivity contribution in [3.8, 4) is 11.5 Å². The van der Waals surface area contributed by atoms with Gasteiger partial charge in [-0.05, 0) is 24.2 Å². The summed E-state index contributed by atoms with van der Waals surface area (Å²) in [5, 5.41) is 6.97. The molecule has 1 N–H and O–H groups in total. The topological polar surface area (TPSA) is 88.3 Å². The minimum absolute atomic E-state index is 0.151. The maximum Gasteiger partial charge on any atom is 0.263 e. The molecule has 1 aliphatic heterocycles. The van der Waals surface area contributed by atoms with E-state index in [4.69, 9.17) is 4.52 Å². The van der Waals surface area contributed by atoms with Crippen molar-refractivity contribution >= 4 is 16.0 Å². The second-order valence-corrected chi connectivity index (χ2v) is 7.51. The number of hydrogen-bond acceptors (Lipinski definition) is 6. The summed E-state index contributed by atoms with van der Waals surface area (Å²) in [4.78, 5) is 4.27. The van der Waals surface area contributed by atoms with Crippen LogP contribution < -0.4 is 5.32 Å². The Balaban J connectivity index is 1.51. The Morgan fingerprint density at radius 3 is 2.73 bits per heavy atom. The third-order valence-electron chi connectivity index (χ3n) is 3.68. The van der Waals surface area contributed by atoms with Gasteiger partial charge in [-0.2, -0.15) is 4.98 Å². The molecule has 0 bridgehead atoms. The van der Waals surface area contributed by atoms with Crippen molar-refractivity contribution in [2.75, 3.05) is 30.7 Å². The van der Waals surface area contributed by atoms with E-state index in [0.717, 1.165) is 5.56 Å². The van der Waals surface area contributed by atoms with E-state index in [9.17, 15) is 8.42 Å². The van der Waals surface area contributed by atoms with Crippen LogP contribution in [-0.4, -0.2) is 48.3 Å². The summed E-state index contributed by atoms with van der Waals surface area (Å²) in [5.41, 5.74) is 0.868. The lowest BCUT2D eigenvalue weighted by molar-refractivity contribution is 0.211. The molecule has 3 rings (SSSR count). The van der Waals surface area contributed by atoms with Gasteiger partial charge < -0.3 is 9.84 Å². The number of anilines is 1. The van der Waals surface area contributed by atoms with E-state index in [-0.39, 0.29) is 11.7 Å². The van der Waals surface area contributed by atoms with Crippen molar-refractivity contribution in [3.05, 3.63) is 30.3 Å². The van der Waals surface area contributed by atoms with Gasteiger partial charge in [0.2, 0.25) is 10.0 Å². The molecule has 0 unspecified atom stereocenters. The van der Waals surface area contributed by atoms with Gasteiger partial charge in [-0.1, -0.05) is 18.2 Å². The van der Waals surface area contributed by atoms with E-state index in [0.29, 0.717) is 31.5 Å². The molecule has 1 aliphatic rings. The molecule has 2 heterocycles. The van der Waals surface area contributed by atoms with Gasteiger partial charge in [0, 0.05) is 31.1 Å². The number of nitrogens with one attached hydrogen (secondary N) is 1. The van der Waals surface area contributed by atoms with E-state index < -0.39 is 10.0 Å². The van der Waals surface area contributed by atoms with E-state index in [1.807, 2.05) is 30.3 Å². The number of hydrogen-bond donors (Lipinski definition) is 1. The number of rotatable bonds is 6. The zero-order chi connectivity index (χ0) is 15.6. The predicted molar refractivity (Wildman–Crippen MR) is 82.7 cm³/mol. The minimum Gasteiger partial charge on any atom is -0.351 e. The van der Waals surface area contributed by atoms with Crippen LogP contribution in [0.1, 0.15) is 6.92 Å². The number of aromatic nitrogens is 2. The Bertz CT molecular complexity index is 724. The summed E-state index contributed by atoms with van der Waals surface area (Å²) in [7, 11) is -3.05. The van der Waals surface area contributed by atoms with E-state index in [1.165, 1.54) is 4.31 Å². The first-order valence-corrected chi connectivity index (χ1v) is 8.80. The lowest BCUT2D eigenvalue weighted by atomic mass is 10.0. The summed E-state index contributed by atoms with van der Waals surface area (Å²) >= 11 is 0. The van der Waals surface area contributed by atoms with Crippen molar-refractivity contribution in [2.24, 2.45) is 5.92 Å². The van der Waals surface area contributed by atoms with Gasteiger partial charge in [0.15, 0.2) is 0 Å². The van der Waals surface area contributed by atoms with Crippen LogP contribution in [-0.2, 0) is 10.0 Å². The standard InChI is InChI=1S/C14H18N4O3S/c1-2-22(19,20)18-9-11(10-18)8-15-14-16-13(21-17-14)12-6-4-3-5-7-12/h3-7,11H,2,8-10H2,1H3,(H,15,17). The molecule has 1 aromatic heterocycles. The Morgan fingerprint density at radius 2 is 2.05 bits per heavy atom. The highest BCUT2D eigenvalue weighted by Crippen LogP contribution is 2.21. The van der Waals surface area contributed by atoms with Gasteiger partial charge in [-0.15, -0.1) is 0 Å². The molecule has 7 nitrogen and oxygen atoms in total. The molecular weight excluding hydrogens is 304 g/mol. The van der Waals surface area contributed by atoms with Crippen LogP contribution in [0.15, 0.2) is 34.9 Å². The quantitative estimate of drug-likeness (QED) is 0.865. The summed E-state index contributed by atoms with van der Waals surface area (Å²) in [6, 6.07) is 9.53. The highest BCUT2D eigenvalue weighted by atomic mass is 32.2. The van der Waals surface area contributed by atoms with Crippen LogP contribution in [0.5, 0.6) is 0 Å². The molecule has 8 heteroatoms. The molecule has 1 saturated heterocycles. The third-order valence-corrected chi connectivity index (χ3v) is 5.49. The van der Waals surface area contributed by atoms with E-state index in [2.05, 4.69) is 15.5 Å². The molecule has 118 valence electrons. The molecule has 1 fully saturated rings. The van der Waals surface area contributed by atoms with Gasteiger partial charge in [0.1, 0.15) is 0 Å². The number of benzene rings is 1. The summed E-state index contributed by atoms with van der Waals surface area (Å²) < 4.78 is 30.0. The van der Waals surface area contributed by atoms with E-state index in [1.54, 1.807) is 6.92 Å². The molecule has 0 amide bonds. The van der Waals surface area contributed by atoms with Crippen LogP contribution in [0.4, 0.5) is 5.95 Å². The van der Waals surface area contributed by atoms with Gasteiger partial charge in [-0.25, -0.2) is 12.7 Å². The first-order chi connectivity index (χ1) is 10.6. The third kappa shape index (κ3) is 3.12. The molecule has 0 aliphatic carbocycles. The van der Waals surface area contributed by atoms with Gasteiger partial charge in [-0.3, -0.25) is 0 Å². The fourth-order valence-corrected chi connectivity index (χ4v) is 3.53. The Morgan fingerprint density at radius 1 is 1.32 bits per heavy atom. The largest absolute Gasteiger partial charge is 0.351 e. The molecule has 0 atom stereocenters. The van der Waals surface area contributed by atoms with E-state index >= 15 is 0 Å². The van der Waals surface area contributed by atoms with Crippen molar-refractivity contribution in [1.82, 2.24) is 14.4 Å². The fourth-order valence-electron chi connectivity index (χ4n) is 2.29. The molecule has 0 spiro atoms. The summed E-state index contributed by atoms with van der Waals surface area (Å²) in [6.07, 6.45) is 0. The highest BCUT2D eigenvalue weighted by Gasteiger charge is 2.34. The van der Waals surface area contributed by atoms with Crippen molar-refractivity contribution < 1.29 is 12.9 Å². The van der Waals surface area contributed by atoms with Gasteiger partial charge >= 0.3 is 0 Å². The van der Waals surface area contributed by atoms with Crippen LogP contribution in [0, 0.1) is 5.92 Å². The maximum atomic E-state index is 11.6. The lowest BCUT2D eigenvalue weighted by Gasteiger charge is -2.37. The average molecular weight is 322 g/mol. The first-order valence-electron chi connectivity index (χ1n) is 7.19. The lowest BCUT2D eigenvalue weighted by Crippen LogP contribution is -2.52. The Hall–Kier alpha value is -1.93. The van der Waals surface area contributed by atoms with Crippen molar-refractivity contribution in [1.29, 1.82) is 0 Å². The predicted octanol–water partition coefficient (Wildman–Crippen LogP) is 1.43. The van der Waals surface area contributed by atoms with Crippen LogP contribution in [0.3, 0.4) is 0 Å². The van der Waals surface area contributed by atoms with Crippen molar-refractivity contribution in [3.63, 3.8) is 0 Å². The van der Waals surface area contributed by atoms with Crippen LogP contribution in [0.25, 0.3) is 11.5 Å². The normalized spacial score (nSPS) is 16.4. The molecule has 2 aromatic rings. The monoisotopic (exact) mass is 322 g/mol. The average Bonchev–Trinajstić information content (AvgIpc) is 2.95. The smallest absolute Gasteiger partial charge is 0.263 e. The highest BCUT2D eigenvalue weighted by molar-refractivity contribution is 7.89. The molecular formula is C14H18N4O3S.